The lowest BCUT2D eigenvalue weighted by Crippen LogP contribution is -2.26. The summed E-state index contributed by atoms with van der Waals surface area (Å²) in [4.78, 5) is 2.27. The summed E-state index contributed by atoms with van der Waals surface area (Å²) in [6.45, 7) is 4.84. The van der Waals surface area contributed by atoms with Gasteiger partial charge in [0, 0.05) is 19.0 Å². The Morgan fingerprint density at radius 3 is 2.75 bits per heavy atom. The van der Waals surface area contributed by atoms with Gasteiger partial charge < -0.3 is 0 Å². The van der Waals surface area contributed by atoms with Crippen molar-refractivity contribution in [2.24, 2.45) is 0 Å². The summed E-state index contributed by atoms with van der Waals surface area (Å²) in [6, 6.07) is 6.77. The van der Waals surface area contributed by atoms with Crippen molar-refractivity contribution in [1.82, 2.24) is 4.90 Å². The molecule has 0 saturated carbocycles. The molecular formula is C13H19ClFN. The molecule has 0 bridgehead atoms. The second-order valence-electron chi connectivity index (χ2n) is 3.95. The second kappa shape index (κ2) is 7.64. The first-order chi connectivity index (χ1) is 7.76. The molecule has 3 heteroatoms. The molecule has 0 radical (unpaired) electrons. The van der Waals surface area contributed by atoms with Crippen molar-refractivity contribution in [3.05, 3.63) is 35.6 Å². The minimum Gasteiger partial charge on any atom is -0.298 e. The van der Waals surface area contributed by atoms with Crippen LogP contribution in [0.3, 0.4) is 0 Å². The van der Waals surface area contributed by atoms with E-state index in [1.165, 1.54) is 12.5 Å². The SMILES string of the molecule is CCCCN(CCCl)Cc1cccc(F)c1. The van der Waals surface area contributed by atoms with Crippen molar-refractivity contribution in [3.63, 3.8) is 0 Å². The molecule has 1 aromatic rings. The number of halogens is 2. The van der Waals surface area contributed by atoms with Gasteiger partial charge >= 0.3 is 0 Å². The van der Waals surface area contributed by atoms with Gasteiger partial charge in [-0.25, -0.2) is 4.39 Å². The maximum absolute atomic E-state index is 13.0. The van der Waals surface area contributed by atoms with Crippen LogP contribution in [0.1, 0.15) is 25.3 Å². The predicted molar refractivity (Wildman–Crippen MR) is 67.3 cm³/mol. The lowest BCUT2D eigenvalue weighted by atomic mass is 10.2. The van der Waals surface area contributed by atoms with Crippen LogP contribution in [0.5, 0.6) is 0 Å². The van der Waals surface area contributed by atoms with Crippen molar-refractivity contribution in [3.8, 4) is 0 Å². The monoisotopic (exact) mass is 243 g/mol. The van der Waals surface area contributed by atoms with Crippen molar-refractivity contribution in [2.75, 3.05) is 19.0 Å². The molecular weight excluding hydrogens is 225 g/mol. The van der Waals surface area contributed by atoms with E-state index in [-0.39, 0.29) is 5.82 Å². The first-order valence-electron chi connectivity index (χ1n) is 5.79. The molecule has 0 heterocycles. The molecule has 0 amide bonds. The molecule has 0 aliphatic heterocycles. The van der Waals surface area contributed by atoms with Crippen molar-refractivity contribution < 1.29 is 4.39 Å². The fraction of sp³-hybridized carbons (Fsp3) is 0.538. The molecule has 0 N–H and O–H groups in total. The van der Waals surface area contributed by atoms with E-state index in [9.17, 15) is 4.39 Å². The zero-order valence-electron chi connectivity index (χ0n) is 9.76. The van der Waals surface area contributed by atoms with Gasteiger partial charge in [0.05, 0.1) is 0 Å². The number of hydrogen-bond donors (Lipinski definition) is 0. The third kappa shape index (κ3) is 4.95. The smallest absolute Gasteiger partial charge is 0.123 e. The summed E-state index contributed by atoms with van der Waals surface area (Å²) >= 11 is 5.76. The van der Waals surface area contributed by atoms with Crippen LogP contribution < -0.4 is 0 Å². The van der Waals surface area contributed by atoms with Gasteiger partial charge in [-0.1, -0.05) is 25.5 Å². The Labute approximate surface area is 102 Å². The summed E-state index contributed by atoms with van der Waals surface area (Å²) in [7, 11) is 0. The van der Waals surface area contributed by atoms with Crippen LogP contribution in [-0.4, -0.2) is 23.9 Å². The van der Waals surface area contributed by atoms with E-state index in [4.69, 9.17) is 11.6 Å². The number of unbranched alkanes of at least 4 members (excludes halogenated alkanes) is 1. The van der Waals surface area contributed by atoms with Crippen LogP contribution in [0.2, 0.25) is 0 Å². The Balaban J connectivity index is 2.52. The second-order valence-corrected chi connectivity index (χ2v) is 4.33. The topological polar surface area (TPSA) is 3.24 Å². The summed E-state index contributed by atoms with van der Waals surface area (Å²) in [5.41, 5.74) is 1.02. The van der Waals surface area contributed by atoms with Gasteiger partial charge in [0.25, 0.3) is 0 Å². The van der Waals surface area contributed by atoms with Gasteiger partial charge in [-0.05, 0) is 30.7 Å². The standard InChI is InChI=1S/C13H19ClFN/c1-2-3-8-16(9-7-14)11-12-5-4-6-13(15)10-12/h4-6,10H,2-3,7-9,11H2,1H3. The lowest BCUT2D eigenvalue weighted by Gasteiger charge is -2.20. The molecule has 16 heavy (non-hydrogen) atoms. The summed E-state index contributed by atoms with van der Waals surface area (Å²) < 4.78 is 13.0. The van der Waals surface area contributed by atoms with Gasteiger partial charge in [-0.15, -0.1) is 11.6 Å². The molecule has 90 valence electrons. The van der Waals surface area contributed by atoms with Crippen LogP contribution >= 0.6 is 11.6 Å². The van der Waals surface area contributed by atoms with Gasteiger partial charge in [-0.2, -0.15) is 0 Å². The van der Waals surface area contributed by atoms with Crippen molar-refractivity contribution in [2.45, 2.75) is 26.3 Å². The molecule has 0 aliphatic rings. The molecule has 0 fully saturated rings. The highest BCUT2D eigenvalue weighted by Crippen LogP contribution is 2.08. The average Bonchev–Trinajstić information content (AvgIpc) is 2.26. The Kier molecular flexibility index (Phi) is 6.43. The largest absolute Gasteiger partial charge is 0.298 e. The Hall–Kier alpha value is -0.600. The first kappa shape index (κ1) is 13.5. The van der Waals surface area contributed by atoms with Crippen LogP contribution in [0, 0.1) is 5.82 Å². The van der Waals surface area contributed by atoms with Gasteiger partial charge in [0.15, 0.2) is 0 Å². The number of rotatable bonds is 7. The highest BCUT2D eigenvalue weighted by Gasteiger charge is 2.05. The molecule has 1 nitrogen and oxygen atoms in total. The average molecular weight is 244 g/mol. The number of benzene rings is 1. The normalized spacial score (nSPS) is 11.0. The Bertz CT molecular complexity index is 304. The molecule has 0 unspecified atom stereocenters. The minimum absolute atomic E-state index is 0.168. The fourth-order valence-electron chi connectivity index (χ4n) is 1.66. The molecule has 0 aromatic heterocycles. The quantitative estimate of drug-likeness (QED) is 0.661. The third-order valence-electron chi connectivity index (χ3n) is 2.52. The zero-order chi connectivity index (χ0) is 11.8. The van der Waals surface area contributed by atoms with Crippen LogP contribution in [0.4, 0.5) is 4.39 Å². The van der Waals surface area contributed by atoms with Gasteiger partial charge in [0.2, 0.25) is 0 Å². The first-order valence-corrected chi connectivity index (χ1v) is 6.32. The van der Waals surface area contributed by atoms with Crippen LogP contribution in [0.25, 0.3) is 0 Å². The highest BCUT2D eigenvalue weighted by molar-refractivity contribution is 6.18. The minimum atomic E-state index is -0.168. The molecule has 1 rings (SSSR count). The molecule has 0 spiro atoms. The van der Waals surface area contributed by atoms with E-state index in [1.807, 2.05) is 6.07 Å². The Morgan fingerprint density at radius 1 is 1.31 bits per heavy atom. The predicted octanol–water partition coefficient (Wildman–Crippen LogP) is 3.67. The van der Waals surface area contributed by atoms with E-state index in [2.05, 4.69) is 11.8 Å². The summed E-state index contributed by atoms with van der Waals surface area (Å²) in [5, 5.41) is 0. The number of alkyl halides is 1. The highest BCUT2D eigenvalue weighted by atomic mass is 35.5. The van der Waals surface area contributed by atoms with E-state index in [0.717, 1.165) is 31.6 Å². The lowest BCUT2D eigenvalue weighted by molar-refractivity contribution is 0.276. The van der Waals surface area contributed by atoms with Crippen molar-refractivity contribution in [1.29, 1.82) is 0 Å². The fourth-order valence-corrected chi connectivity index (χ4v) is 1.90. The molecule has 0 aliphatic carbocycles. The molecule has 0 atom stereocenters. The summed E-state index contributed by atoms with van der Waals surface area (Å²) in [6.07, 6.45) is 2.33. The van der Waals surface area contributed by atoms with E-state index >= 15 is 0 Å². The maximum atomic E-state index is 13.0. The van der Waals surface area contributed by atoms with E-state index in [0.29, 0.717) is 5.88 Å². The maximum Gasteiger partial charge on any atom is 0.123 e. The van der Waals surface area contributed by atoms with Gasteiger partial charge in [-0.3, -0.25) is 4.90 Å². The van der Waals surface area contributed by atoms with E-state index < -0.39 is 0 Å². The van der Waals surface area contributed by atoms with Gasteiger partial charge in [0.1, 0.15) is 5.82 Å². The van der Waals surface area contributed by atoms with E-state index in [1.54, 1.807) is 12.1 Å². The third-order valence-corrected chi connectivity index (χ3v) is 2.69. The zero-order valence-corrected chi connectivity index (χ0v) is 10.5. The Morgan fingerprint density at radius 2 is 2.12 bits per heavy atom. The number of nitrogens with zero attached hydrogens (tertiary/aromatic N) is 1. The number of hydrogen-bond acceptors (Lipinski definition) is 1. The summed E-state index contributed by atoms with van der Waals surface area (Å²) in [5.74, 6) is 0.456. The molecule has 0 saturated heterocycles. The van der Waals surface area contributed by atoms with Crippen LogP contribution in [0.15, 0.2) is 24.3 Å². The molecule has 1 aromatic carbocycles. The van der Waals surface area contributed by atoms with Crippen LogP contribution in [-0.2, 0) is 6.54 Å². The van der Waals surface area contributed by atoms with Crippen molar-refractivity contribution >= 4 is 11.6 Å².